The van der Waals surface area contributed by atoms with E-state index in [1.807, 2.05) is 7.05 Å². The molecule has 7 heteroatoms. The molecule has 1 heterocycles. The van der Waals surface area contributed by atoms with E-state index in [0.29, 0.717) is 11.8 Å². The summed E-state index contributed by atoms with van der Waals surface area (Å²) < 4.78 is 0. The zero-order valence-corrected chi connectivity index (χ0v) is 9.23. The van der Waals surface area contributed by atoms with Crippen molar-refractivity contribution in [3.05, 3.63) is 24.5 Å². The molecule has 0 aliphatic carbocycles. The van der Waals surface area contributed by atoms with Gasteiger partial charge in [0.15, 0.2) is 0 Å². The van der Waals surface area contributed by atoms with Crippen LogP contribution in [0, 0.1) is 5.41 Å². The van der Waals surface area contributed by atoms with E-state index in [9.17, 15) is 0 Å². The molecule has 0 radical (unpaired) electrons. The van der Waals surface area contributed by atoms with Crippen LogP contribution in [0.5, 0.6) is 0 Å². The van der Waals surface area contributed by atoms with Crippen LogP contribution >= 0.6 is 0 Å². The van der Waals surface area contributed by atoms with Crippen LogP contribution in [0.3, 0.4) is 0 Å². The smallest absolute Gasteiger partial charge is 0.230 e. The minimum absolute atomic E-state index is 0.174. The maximum Gasteiger partial charge on any atom is 0.230 e. The number of rotatable bonds is 4. The van der Waals surface area contributed by atoms with Gasteiger partial charge in [0.25, 0.3) is 0 Å². The van der Waals surface area contributed by atoms with Crippen molar-refractivity contribution in [1.29, 1.82) is 5.41 Å². The van der Waals surface area contributed by atoms with Crippen LogP contribution in [0.4, 0.5) is 11.8 Å². The third-order valence-electron chi connectivity index (χ3n) is 1.74. The minimum Gasteiger partial charge on any atom is -0.384 e. The zero-order valence-electron chi connectivity index (χ0n) is 9.23. The van der Waals surface area contributed by atoms with E-state index in [2.05, 4.69) is 20.7 Å². The molecule has 0 saturated carbocycles. The molecular formula is C9H15N7. The summed E-state index contributed by atoms with van der Waals surface area (Å²) in [5.74, 6) is 0.844. The quantitative estimate of drug-likeness (QED) is 0.325. The number of hydrogen-bond acceptors (Lipinski definition) is 6. The lowest BCUT2D eigenvalue weighted by molar-refractivity contribution is 0.365. The van der Waals surface area contributed by atoms with Crippen LogP contribution in [-0.2, 0) is 0 Å². The Morgan fingerprint density at radius 2 is 2.38 bits per heavy atom. The second-order valence-corrected chi connectivity index (χ2v) is 2.99. The summed E-state index contributed by atoms with van der Waals surface area (Å²) in [5, 5.41) is 12.0. The summed E-state index contributed by atoms with van der Waals surface area (Å²) in [5.41, 5.74) is 8.34. The molecule has 16 heavy (non-hydrogen) atoms. The molecule has 0 unspecified atom stereocenters. The Kier molecular flexibility index (Phi) is 4.22. The fourth-order valence-electron chi connectivity index (χ4n) is 0.856. The average molecular weight is 221 g/mol. The van der Waals surface area contributed by atoms with E-state index in [1.165, 1.54) is 6.20 Å². The Hall–Kier alpha value is -2.15. The van der Waals surface area contributed by atoms with Gasteiger partial charge in [-0.25, -0.2) is 10.4 Å². The molecule has 0 aliphatic rings. The number of nitrogens with one attached hydrogen (secondary N) is 3. The first-order valence-electron chi connectivity index (χ1n) is 4.64. The highest BCUT2D eigenvalue weighted by atomic mass is 15.5. The average Bonchev–Trinajstić information content (AvgIpc) is 2.26. The van der Waals surface area contributed by atoms with Crippen molar-refractivity contribution in [1.82, 2.24) is 20.4 Å². The molecule has 1 aromatic rings. The standard InChI is InChI=1S/C9H15N7/c1-12-16(2)6-4-8(11)15-9-13-5-3-7(10)14-9/h3-6,12H,1-2H3,(H4,10,11,13,14,15)/b6-4-. The molecule has 1 aromatic heterocycles. The lowest BCUT2D eigenvalue weighted by atomic mass is 10.5. The Bertz CT molecular complexity index is 387. The van der Waals surface area contributed by atoms with Crippen molar-refractivity contribution >= 4 is 17.6 Å². The molecule has 0 bridgehead atoms. The predicted molar refractivity (Wildman–Crippen MR) is 63.8 cm³/mol. The molecule has 0 aliphatic heterocycles. The monoisotopic (exact) mass is 221 g/mol. The van der Waals surface area contributed by atoms with Crippen LogP contribution < -0.4 is 16.5 Å². The summed E-state index contributed by atoms with van der Waals surface area (Å²) >= 11 is 0. The SMILES string of the molecule is CNN(C)/C=C\C(=N)Nc1nccc(N)n1. The third-order valence-corrected chi connectivity index (χ3v) is 1.74. The summed E-state index contributed by atoms with van der Waals surface area (Å²) in [7, 11) is 3.60. The first-order valence-corrected chi connectivity index (χ1v) is 4.64. The Morgan fingerprint density at radius 1 is 1.62 bits per heavy atom. The fraction of sp³-hybridized carbons (Fsp3) is 0.222. The van der Waals surface area contributed by atoms with Gasteiger partial charge in [0.2, 0.25) is 5.95 Å². The summed E-state index contributed by atoms with van der Waals surface area (Å²) in [4.78, 5) is 7.83. The van der Waals surface area contributed by atoms with Gasteiger partial charge in [-0.05, 0) is 12.1 Å². The molecule has 7 nitrogen and oxygen atoms in total. The minimum atomic E-state index is 0.174. The highest BCUT2D eigenvalue weighted by Gasteiger charge is 1.97. The second-order valence-electron chi connectivity index (χ2n) is 2.99. The van der Waals surface area contributed by atoms with Gasteiger partial charge in [0.05, 0.1) is 0 Å². The Morgan fingerprint density at radius 3 is 3.00 bits per heavy atom. The topological polar surface area (TPSA) is 103 Å². The van der Waals surface area contributed by atoms with Gasteiger partial charge in [-0.15, -0.1) is 0 Å². The first kappa shape index (κ1) is 11.9. The second kappa shape index (κ2) is 5.66. The fourth-order valence-corrected chi connectivity index (χ4v) is 0.856. The summed E-state index contributed by atoms with van der Waals surface area (Å²) in [6, 6.07) is 1.58. The van der Waals surface area contributed by atoms with Crippen LogP contribution in [0.1, 0.15) is 0 Å². The summed E-state index contributed by atoms with van der Waals surface area (Å²) in [6.07, 6.45) is 4.80. The van der Waals surface area contributed by atoms with Crippen LogP contribution in [0.2, 0.25) is 0 Å². The Balaban J connectivity index is 2.55. The van der Waals surface area contributed by atoms with Gasteiger partial charge in [-0.3, -0.25) is 5.41 Å². The molecule has 0 saturated heterocycles. The van der Waals surface area contributed by atoms with E-state index >= 15 is 0 Å². The normalized spacial score (nSPS) is 10.4. The van der Waals surface area contributed by atoms with Crippen molar-refractivity contribution in [3.8, 4) is 0 Å². The van der Waals surface area contributed by atoms with Crippen molar-refractivity contribution < 1.29 is 0 Å². The summed E-state index contributed by atoms with van der Waals surface area (Å²) in [6.45, 7) is 0. The highest BCUT2D eigenvalue weighted by molar-refractivity contribution is 6.00. The van der Waals surface area contributed by atoms with Crippen molar-refractivity contribution in [2.24, 2.45) is 0 Å². The largest absolute Gasteiger partial charge is 0.384 e. The lowest BCUT2D eigenvalue weighted by Gasteiger charge is -2.10. The van der Waals surface area contributed by atoms with Gasteiger partial charge in [-0.1, -0.05) is 0 Å². The van der Waals surface area contributed by atoms with Crippen molar-refractivity contribution in [2.45, 2.75) is 0 Å². The first-order chi connectivity index (χ1) is 7.61. The van der Waals surface area contributed by atoms with Crippen LogP contribution in [0.15, 0.2) is 24.5 Å². The van der Waals surface area contributed by atoms with Gasteiger partial charge in [0, 0.05) is 26.5 Å². The lowest BCUT2D eigenvalue weighted by Crippen LogP contribution is -2.25. The zero-order chi connectivity index (χ0) is 12.0. The number of hydrogen-bond donors (Lipinski definition) is 4. The van der Waals surface area contributed by atoms with Crippen molar-refractivity contribution in [3.63, 3.8) is 0 Å². The van der Waals surface area contributed by atoms with E-state index in [1.54, 1.807) is 30.4 Å². The highest BCUT2D eigenvalue weighted by Crippen LogP contribution is 2.00. The van der Waals surface area contributed by atoms with Crippen LogP contribution in [0.25, 0.3) is 0 Å². The third kappa shape index (κ3) is 3.93. The molecule has 0 amide bonds. The number of anilines is 2. The molecule has 86 valence electrons. The number of hydrazine groups is 1. The van der Waals surface area contributed by atoms with E-state index in [-0.39, 0.29) is 5.84 Å². The molecule has 0 atom stereocenters. The maximum absolute atomic E-state index is 7.59. The molecular weight excluding hydrogens is 206 g/mol. The van der Waals surface area contributed by atoms with E-state index in [0.717, 1.165) is 0 Å². The van der Waals surface area contributed by atoms with Gasteiger partial charge in [0.1, 0.15) is 11.7 Å². The number of nitrogens with two attached hydrogens (primary N) is 1. The molecule has 0 aromatic carbocycles. The number of nitrogens with zero attached hydrogens (tertiary/aromatic N) is 3. The predicted octanol–water partition coefficient (Wildman–Crippen LogP) is 0.0279. The molecule has 0 spiro atoms. The number of aromatic nitrogens is 2. The molecule has 0 fully saturated rings. The molecule has 5 N–H and O–H groups in total. The van der Waals surface area contributed by atoms with Crippen LogP contribution in [-0.4, -0.2) is 34.9 Å². The molecule has 1 rings (SSSR count). The number of nitrogen functional groups attached to an aromatic ring is 1. The Labute approximate surface area is 93.9 Å². The van der Waals surface area contributed by atoms with Gasteiger partial charge < -0.3 is 16.1 Å². The maximum atomic E-state index is 7.59. The van der Waals surface area contributed by atoms with Gasteiger partial charge >= 0.3 is 0 Å². The van der Waals surface area contributed by atoms with Gasteiger partial charge in [-0.2, -0.15) is 4.98 Å². The number of amidine groups is 1. The van der Waals surface area contributed by atoms with E-state index < -0.39 is 0 Å². The van der Waals surface area contributed by atoms with Crippen molar-refractivity contribution in [2.75, 3.05) is 25.1 Å². The van der Waals surface area contributed by atoms with E-state index in [4.69, 9.17) is 11.1 Å².